The van der Waals surface area contributed by atoms with Gasteiger partial charge in [-0.3, -0.25) is 5.43 Å². The monoisotopic (exact) mass is 130 g/mol. The Morgan fingerprint density at radius 2 is 2.50 bits per heavy atom. The van der Waals surface area contributed by atoms with Crippen molar-refractivity contribution >= 4 is 11.8 Å². The summed E-state index contributed by atoms with van der Waals surface area (Å²) in [6.45, 7) is 1.99. The lowest BCUT2D eigenvalue weighted by Gasteiger charge is -2.13. The molecule has 0 atom stereocenters. The van der Waals surface area contributed by atoms with Gasteiger partial charge in [0.25, 0.3) is 0 Å². The van der Waals surface area contributed by atoms with E-state index in [2.05, 4.69) is 5.43 Å². The van der Waals surface area contributed by atoms with Crippen LogP contribution in [0.1, 0.15) is 6.92 Å². The third-order valence-corrected chi connectivity index (χ3v) is 1.09. The molecule has 0 bridgehead atoms. The fourth-order valence-corrected chi connectivity index (χ4v) is 0.543. The topological polar surface area (TPSA) is 15.3 Å². The second-order valence-electron chi connectivity index (χ2n) is 1.64. The van der Waals surface area contributed by atoms with Crippen molar-refractivity contribution in [2.75, 3.05) is 0 Å². The highest BCUT2D eigenvalue weighted by atomic mass is 35.5. The van der Waals surface area contributed by atoms with Crippen LogP contribution < -0.4 is 5.43 Å². The number of halogens is 1. The second kappa shape index (κ2) is 2.09. The molecular weight excluding hydrogens is 124 g/mol. The van der Waals surface area contributed by atoms with E-state index >= 15 is 0 Å². The van der Waals surface area contributed by atoms with Crippen LogP contribution in [0.2, 0.25) is 0 Å². The summed E-state index contributed by atoms with van der Waals surface area (Å²) >= 11 is 5.47. The van der Waals surface area contributed by atoms with Crippen molar-refractivity contribution in [1.82, 2.24) is 9.95 Å². The molecule has 0 saturated heterocycles. The van der Waals surface area contributed by atoms with Crippen molar-refractivity contribution in [3.63, 3.8) is 0 Å². The number of nitrogens with one attached hydrogen (secondary N) is 1. The average molecular weight is 131 g/mol. The van der Waals surface area contributed by atoms with Crippen LogP contribution >= 0.6 is 11.8 Å². The number of hydrazine groups is 1. The quantitative estimate of drug-likeness (QED) is 0.499. The van der Waals surface area contributed by atoms with E-state index < -0.39 is 0 Å². The fraction of sp³-hybridized carbons (Fsp3) is 0.200. The summed E-state index contributed by atoms with van der Waals surface area (Å²) in [5, 5.41) is 0. The third-order valence-electron chi connectivity index (χ3n) is 0.884. The molecule has 1 heterocycles. The van der Waals surface area contributed by atoms with E-state index in [4.69, 9.17) is 11.8 Å². The second-order valence-corrected chi connectivity index (χ2v) is 2.01. The average Bonchev–Trinajstić information content (AvgIpc) is 1.77. The molecule has 0 radical (unpaired) electrons. The van der Waals surface area contributed by atoms with E-state index in [0.717, 1.165) is 0 Å². The SMILES string of the molecule is CC1=CNN(Cl)C=C1. The molecule has 0 aromatic carbocycles. The Labute approximate surface area is 53.5 Å². The van der Waals surface area contributed by atoms with Gasteiger partial charge in [0.2, 0.25) is 0 Å². The van der Waals surface area contributed by atoms with E-state index in [-0.39, 0.29) is 0 Å². The van der Waals surface area contributed by atoms with E-state index in [9.17, 15) is 0 Å². The number of rotatable bonds is 0. The number of hydrogen-bond donors (Lipinski definition) is 1. The lowest BCUT2D eigenvalue weighted by atomic mass is 10.3. The van der Waals surface area contributed by atoms with Gasteiger partial charge < -0.3 is 0 Å². The summed E-state index contributed by atoms with van der Waals surface area (Å²) in [4.78, 5) is 0. The number of allylic oxidation sites excluding steroid dienone is 2. The highest BCUT2D eigenvalue weighted by molar-refractivity contribution is 6.13. The Hall–Kier alpha value is -0.630. The van der Waals surface area contributed by atoms with Crippen LogP contribution in [0.25, 0.3) is 0 Å². The largest absolute Gasteiger partial charge is 0.291 e. The van der Waals surface area contributed by atoms with E-state index in [1.165, 1.54) is 10.1 Å². The van der Waals surface area contributed by atoms with Crippen LogP contribution in [0.4, 0.5) is 0 Å². The first-order chi connectivity index (χ1) is 3.79. The summed E-state index contributed by atoms with van der Waals surface area (Å²) in [6, 6.07) is 0. The molecular formula is C5H7ClN2. The van der Waals surface area contributed by atoms with Gasteiger partial charge in [0.1, 0.15) is 0 Å². The molecule has 1 aliphatic heterocycles. The Bertz CT molecular complexity index is 139. The van der Waals surface area contributed by atoms with Crippen LogP contribution in [-0.2, 0) is 0 Å². The van der Waals surface area contributed by atoms with Crippen molar-refractivity contribution in [3.05, 3.63) is 24.0 Å². The maximum atomic E-state index is 5.47. The first-order valence-corrected chi connectivity index (χ1v) is 2.69. The van der Waals surface area contributed by atoms with Crippen molar-refractivity contribution in [2.24, 2.45) is 0 Å². The Morgan fingerprint density at radius 1 is 1.75 bits per heavy atom. The highest BCUT2D eigenvalue weighted by Gasteiger charge is 1.93. The Balaban J connectivity index is 2.58. The Morgan fingerprint density at radius 3 is 2.88 bits per heavy atom. The summed E-state index contributed by atoms with van der Waals surface area (Å²) in [7, 11) is 0. The molecule has 0 saturated carbocycles. The minimum atomic E-state index is 1.17. The van der Waals surface area contributed by atoms with E-state index in [0.29, 0.717) is 0 Å². The normalized spacial score (nSPS) is 17.8. The molecule has 2 nitrogen and oxygen atoms in total. The molecule has 0 aromatic rings. The van der Waals surface area contributed by atoms with Crippen molar-refractivity contribution in [3.8, 4) is 0 Å². The molecule has 1 N–H and O–H groups in total. The van der Waals surface area contributed by atoms with Crippen LogP contribution in [0.5, 0.6) is 0 Å². The van der Waals surface area contributed by atoms with Crippen LogP contribution in [0.3, 0.4) is 0 Å². The fourth-order valence-electron chi connectivity index (χ4n) is 0.438. The molecule has 8 heavy (non-hydrogen) atoms. The molecule has 1 rings (SSSR count). The van der Waals surface area contributed by atoms with Crippen molar-refractivity contribution < 1.29 is 0 Å². The maximum absolute atomic E-state index is 5.47. The molecule has 0 unspecified atom stereocenters. The van der Waals surface area contributed by atoms with Gasteiger partial charge >= 0.3 is 0 Å². The van der Waals surface area contributed by atoms with Crippen LogP contribution in [-0.4, -0.2) is 4.53 Å². The molecule has 3 heteroatoms. The van der Waals surface area contributed by atoms with Gasteiger partial charge in [0.15, 0.2) is 0 Å². The van der Waals surface area contributed by atoms with Gasteiger partial charge in [-0.2, -0.15) is 0 Å². The van der Waals surface area contributed by atoms with Gasteiger partial charge in [-0.15, -0.1) is 0 Å². The van der Waals surface area contributed by atoms with Gasteiger partial charge in [0, 0.05) is 24.2 Å². The van der Waals surface area contributed by atoms with Gasteiger partial charge in [-0.05, 0) is 18.6 Å². The number of nitrogens with zero attached hydrogens (tertiary/aromatic N) is 1. The molecule has 0 fully saturated rings. The van der Waals surface area contributed by atoms with Gasteiger partial charge in [0.05, 0.1) is 0 Å². The summed E-state index contributed by atoms with van der Waals surface area (Å²) in [5.74, 6) is 0. The van der Waals surface area contributed by atoms with E-state index in [1.54, 1.807) is 6.20 Å². The van der Waals surface area contributed by atoms with E-state index in [1.807, 2.05) is 19.2 Å². The maximum Gasteiger partial charge on any atom is 0.0402 e. The first kappa shape index (κ1) is 5.51. The van der Waals surface area contributed by atoms with Crippen LogP contribution in [0, 0.1) is 0 Å². The Kier molecular flexibility index (Phi) is 1.44. The smallest absolute Gasteiger partial charge is 0.0402 e. The first-order valence-electron chi connectivity index (χ1n) is 2.35. The lowest BCUT2D eigenvalue weighted by Crippen LogP contribution is -2.21. The number of hydrogen-bond acceptors (Lipinski definition) is 2. The predicted octanol–water partition coefficient (Wildman–Crippen LogP) is 1.38. The zero-order valence-electron chi connectivity index (χ0n) is 4.56. The minimum absolute atomic E-state index is 1.17. The molecule has 0 spiro atoms. The minimum Gasteiger partial charge on any atom is -0.291 e. The third kappa shape index (κ3) is 1.17. The van der Waals surface area contributed by atoms with Crippen molar-refractivity contribution in [1.29, 1.82) is 0 Å². The van der Waals surface area contributed by atoms with Crippen LogP contribution in [0.15, 0.2) is 24.0 Å². The molecule has 0 aliphatic carbocycles. The summed E-state index contributed by atoms with van der Waals surface area (Å²) < 4.78 is 1.37. The molecule has 1 aliphatic rings. The zero-order chi connectivity index (χ0) is 5.98. The predicted molar refractivity (Wildman–Crippen MR) is 33.7 cm³/mol. The zero-order valence-corrected chi connectivity index (χ0v) is 5.31. The summed E-state index contributed by atoms with van der Waals surface area (Å²) in [6.07, 6.45) is 5.49. The van der Waals surface area contributed by atoms with Crippen molar-refractivity contribution in [2.45, 2.75) is 6.92 Å². The molecule has 0 amide bonds. The van der Waals surface area contributed by atoms with Gasteiger partial charge in [-0.25, -0.2) is 4.53 Å². The summed E-state index contributed by atoms with van der Waals surface area (Å²) in [5.41, 5.74) is 3.95. The molecule has 44 valence electrons. The lowest BCUT2D eigenvalue weighted by molar-refractivity contribution is 0.512. The molecule has 0 aromatic heterocycles. The highest BCUT2D eigenvalue weighted by Crippen LogP contribution is 2.02. The standard InChI is InChI=1S/C5H7ClN2/c1-5-2-3-8(6)7-4-5/h2-4,7H,1H3. The van der Waals surface area contributed by atoms with Gasteiger partial charge in [-0.1, -0.05) is 0 Å².